The normalized spacial score (nSPS) is 15.5. The summed E-state index contributed by atoms with van der Waals surface area (Å²) in [6.45, 7) is 2.08. The lowest BCUT2D eigenvalue weighted by Crippen LogP contribution is -2.56. The van der Waals surface area contributed by atoms with Gasteiger partial charge in [0.1, 0.15) is 5.66 Å². The van der Waals surface area contributed by atoms with Crippen molar-refractivity contribution in [2.75, 3.05) is 12.9 Å². The van der Waals surface area contributed by atoms with Gasteiger partial charge < -0.3 is 10.5 Å². The van der Waals surface area contributed by atoms with Gasteiger partial charge in [-0.2, -0.15) is 4.72 Å². The molecule has 3 N–H and O–H groups in total. The predicted molar refractivity (Wildman–Crippen MR) is 66.7 cm³/mol. The standard InChI is InChI=1S/C11H18N2O3S/c1-11(12,13-17(2,14)15)9-16-8-10-6-4-3-5-7-10/h3-7,13H,8-9,12H2,1-2H3/t11-/m0/s1. The fourth-order valence-electron chi connectivity index (χ4n) is 1.41. The minimum absolute atomic E-state index is 0.106. The summed E-state index contributed by atoms with van der Waals surface area (Å²) in [6.07, 6.45) is 1.06. The van der Waals surface area contributed by atoms with Gasteiger partial charge in [-0.05, 0) is 12.5 Å². The summed E-state index contributed by atoms with van der Waals surface area (Å²) >= 11 is 0. The Labute approximate surface area is 102 Å². The van der Waals surface area contributed by atoms with Gasteiger partial charge in [-0.15, -0.1) is 0 Å². The minimum atomic E-state index is -3.33. The molecule has 0 radical (unpaired) electrons. The molecule has 1 rings (SSSR count). The first kappa shape index (κ1) is 14.1. The number of hydrogen-bond acceptors (Lipinski definition) is 4. The molecule has 0 aliphatic heterocycles. The summed E-state index contributed by atoms with van der Waals surface area (Å²) in [5, 5.41) is 0. The summed E-state index contributed by atoms with van der Waals surface area (Å²) in [5.41, 5.74) is 5.67. The highest BCUT2D eigenvalue weighted by Gasteiger charge is 2.22. The molecular weight excluding hydrogens is 240 g/mol. The van der Waals surface area contributed by atoms with E-state index in [1.165, 1.54) is 0 Å². The van der Waals surface area contributed by atoms with Crippen molar-refractivity contribution in [3.8, 4) is 0 Å². The van der Waals surface area contributed by atoms with Crippen molar-refractivity contribution >= 4 is 10.0 Å². The third-order valence-corrected chi connectivity index (χ3v) is 2.77. The lowest BCUT2D eigenvalue weighted by molar-refractivity contribution is 0.0753. The number of sulfonamides is 1. The fraction of sp³-hybridized carbons (Fsp3) is 0.455. The monoisotopic (exact) mass is 258 g/mol. The third-order valence-electron chi connectivity index (χ3n) is 1.93. The smallest absolute Gasteiger partial charge is 0.210 e. The molecule has 17 heavy (non-hydrogen) atoms. The van der Waals surface area contributed by atoms with Crippen molar-refractivity contribution in [2.24, 2.45) is 5.73 Å². The van der Waals surface area contributed by atoms with Crippen LogP contribution in [0.5, 0.6) is 0 Å². The van der Waals surface area contributed by atoms with Crippen LogP contribution in [0, 0.1) is 0 Å². The maximum Gasteiger partial charge on any atom is 0.210 e. The van der Waals surface area contributed by atoms with E-state index in [9.17, 15) is 8.42 Å². The van der Waals surface area contributed by atoms with Gasteiger partial charge in [-0.1, -0.05) is 30.3 Å². The molecule has 1 aromatic carbocycles. The summed E-state index contributed by atoms with van der Waals surface area (Å²) in [7, 11) is -3.33. The first-order chi connectivity index (χ1) is 7.79. The lowest BCUT2D eigenvalue weighted by Gasteiger charge is -2.24. The van der Waals surface area contributed by atoms with Gasteiger partial charge >= 0.3 is 0 Å². The van der Waals surface area contributed by atoms with Gasteiger partial charge in [-0.3, -0.25) is 0 Å². The minimum Gasteiger partial charge on any atom is -0.373 e. The predicted octanol–water partition coefficient (Wildman–Crippen LogP) is 0.427. The second-order valence-electron chi connectivity index (χ2n) is 4.27. The quantitative estimate of drug-likeness (QED) is 0.725. The molecule has 0 saturated carbocycles. The number of nitrogens with two attached hydrogens (primary N) is 1. The highest BCUT2D eigenvalue weighted by Crippen LogP contribution is 2.03. The number of hydrogen-bond donors (Lipinski definition) is 2. The van der Waals surface area contributed by atoms with E-state index in [0.717, 1.165) is 11.8 Å². The maximum absolute atomic E-state index is 11.0. The van der Waals surface area contributed by atoms with Crippen molar-refractivity contribution in [2.45, 2.75) is 19.2 Å². The van der Waals surface area contributed by atoms with Crippen LogP contribution in [0.25, 0.3) is 0 Å². The molecule has 96 valence electrons. The molecule has 1 aromatic rings. The molecule has 1 atom stereocenters. The topological polar surface area (TPSA) is 81.4 Å². The Morgan fingerprint density at radius 1 is 1.35 bits per heavy atom. The van der Waals surface area contributed by atoms with E-state index in [1.54, 1.807) is 6.92 Å². The van der Waals surface area contributed by atoms with E-state index in [4.69, 9.17) is 10.5 Å². The van der Waals surface area contributed by atoms with Crippen molar-refractivity contribution in [1.82, 2.24) is 4.72 Å². The van der Waals surface area contributed by atoms with Crippen LogP contribution in [0.2, 0.25) is 0 Å². The zero-order valence-corrected chi connectivity index (χ0v) is 10.8. The van der Waals surface area contributed by atoms with Crippen LogP contribution in [-0.4, -0.2) is 26.9 Å². The highest BCUT2D eigenvalue weighted by atomic mass is 32.2. The summed E-state index contributed by atoms with van der Waals surface area (Å²) < 4.78 is 29.8. The van der Waals surface area contributed by atoms with Crippen molar-refractivity contribution in [3.05, 3.63) is 35.9 Å². The summed E-state index contributed by atoms with van der Waals surface area (Å²) in [4.78, 5) is 0. The Kier molecular flexibility index (Phi) is 4.64. The van der Waals surface area contributed by atoms with Crippen molar-refractivity contribution in [1.29, 1.82) is 0 Å². The first-order valence-electron chi connectivity index (χ1n) is 5.18. The number of ether oxygens (including phenoxy) is 1. The molecule has 6 heteroatoms. The van der Waals surface area contributed by atoms with Gasteiger partial charge in [0.2, 0.25) is 10.0 Å². The highest BCUT2D eigenvalue weighted by molar-refractivity contribution is 7.88. The zero-order chi connectivity index (χ0) is 12.9. The molecule has 0 spiro atoms. The Hall–Kier alpha value is -0.950. The van der Waals surface area contributed by atoms with Gasteiger partial charge in [0.15, 0.2) is 0 Å². The molecule has 0 amide bonds. The van der Waals surface area contributed by atoms with E-state index >= 15 is 0 Å². The molecule has 0 unspecified atom stereocenters. The molecule has 0 aliphatic carbocycles. The fourth-order valence-corrected chi connectivity index (χ4v) is 2.31. The largest absolute Gasteiger partial charge is 0.373 e. The Bertz CT molecular complexity index is 443. The van der Waals surface area contributed by atoms with E-state index < -0.39 is 15.7 Å². The second-order valence-corrected chi connectivity index (χ2v) is 6.02. The van der Waals surface area contributed by atoms with Crippen LogP contribution < -0.4 is 10.5 Å². The van der Waals surface area contributed by atoms with Gasteiger partial charge in [-0.25, -0.2) is 8.42 Å². The third kappa shape index (κ3) is 6.38. The van der Waals surface area contributed by atoms with Crippen LogP contribution in [0.1, 0.15) is 12.5 Å². The lowest BCUT2D eigenvalue weighted by atomic mass is 10.2. The van der Waals surface area contributed by atoms with Crippen molar-refractivity contribution < 1.29 is 13.2 Å². The van der Waals surface area contributed by atoms with Gasteiger partial charge in [0.05, 0.1) is 19.5 Å². The molecule has 0 heterocycles. The number of rotatable bonds is 6. The number of nitrogens with one attached hydrogen (secondary N) is 1. The van der Waals surface area contributed by atoms with Crippen molar-refractivity contribution in [3.63, 3.8) is 0 Å². The second kappa shape index (κ2) is 5.59. The Balaban J connectivity index is 2.40. The van der Waals surface area contributed by atoms with Crippen LogP contribution >= 0.6 is 0 Å². The molecule has 5 nitrogen and oxygen atoms in total. The van der Waals surface area contributed by atoms with E-state index in [1.807, 2.05) is 30.3 Å². The molecular formula is C11H18N2O3S. The molecule has 0 aliphatic rings. The Morgan fingerprint density at radius 2 is 1.94 bits per heavy atom. The average Bonchev–Trinajstić information content (AvgIpc) is 2.15. The van der Waals surface area contributed by atoms with Crippen LogP contribution in [-0.2, 0) is 21.4 Å². The van der Waals surface area contributed by atoms with Crippen LogP contribution in [0.15, 0.2) is 30.3 Å². The average molecular weight is 258 g/mol. The van der Waals surface area contributed by atoms with Gasteiger partial charge in [0, 0.05) is 0 Å². The molecule has 0 saturated heterocycles. The maximum atomic E-state index is 11.0. The zero-order valence-electron chi connectivity index (χ0n) is 10.0. The van der Waals surface area contributed by atoms with E-state index in [-0.39, 0.29) is 6.61 Å². The SMILES string of the molecule is C[C@@](N)(COCc1ccccc1)NS(C)(=O)=O. The van der Waals surface area contributed by atoms with E-state index in [2.05, 4.69) is 4.72 Å². The summed E-state index contributed by atoms with van der Waals surface area (Å²) in [6, 6.07) is 9.60. The van der Waals surface area contributed by atoms with Crippen LogP contribution in [0.3, 0.4) is 0 Å². The van der Waals surface area contributed by atoms with Gasteiger partial charge in [0.25, 0.3) is 0 Å². The molecule has 0 fully saturated rings. The molecule has 0 bridgehead atoms. The number of benzene rings is 1. The van der Waals surface area contributed by atoms with E-state index in [0.29, 0.717) is 6.61 Å². The van der Waals surface area contributed by atoms with Crippen LogP contribution in [0.4, 0.5) is 0 Å². The summed E-state index contributed by atoms with van der Waals surface area (Å²) in [5.74, 6) is 0. The molecule has 0 aromatic heterocycles. The Morgan fingerprint density at radius 3 is 2.47 bits per heavy atom. The first-order valence-corrected chi connectivity index (χ1v) is 7.07.